The van der Waals surface area contributed by atoms with E-state index < -0.39 is 11.7 Å². The van der Waals surface area contributed by atoms with Crippen molar-refractivity contribution in [3.05, 3.63) is 47.9 Å². The van der Waals surface area contributed by atoms with Gasteiger partial charge < -0.3 is 15.5 Å². The molecule has 1 saturated heterocycles. The minimum absolute atomic E-state index is 0.0494. The van der Waals surface area contributed by atoms with Crippen LogP contribution in [0, 0.1) is 5.82 Å². The van der Waals surface area contributed by atoms with Gasteiger partial charge in [-0.05, 0) is 25.0 Å². The summed E-state index contributed by atoms with van der Waals surface area (Å²) in [5, 5.41) is 13.9. The molecule has 2 heterocycles. The van der Waals surface area contributed by atoms with Gasteiger partial charge in [0, 0.05) is 32.2 Å². The molecular formula is C17H20FN5O. The highest BCUT2D eigenvalue weighted by molar-refractivity contribution is 5.94. The summed E-state index contributed by atoms with van der Waals surface area (Å²) < 4.78 is 13.5. The summed E-state index contributed by atoms with van der Waals surface area (Å²) in [6.07, 6.45) is 4.16. The van der Waals surface area contributed by atoms with Crippen LogP contribution in [0.1, 0.15) is 23.2 Å². The molecule has 0 bridgehead atoms. The van der Waals surface area contributed by atoms with E-state index in [4.69, 9.17) is 0 Å². The van der Waals surface area contributed by atoms with Gasteiger partial charge in [-0.25, -0.2) is 4.39 Å². The first-order chi connectivity index (χ1) is 11.7. The van der Waals surface area contributed by atoms with Gasteiger partial charge in [-0.3, -0.25) is 4.79 Å². The van der Waals surface area contributed by atoms with E-state index in [1.165, 1.54) is 25.0 Å². The molecule has 0 saturated carbocycles. The van der Waals surface area contributed by atoms with Gasteiger partial charge in [0.25, 0.3) is 5.91 Å². The Labute approximate surface area is 140 Å². The number of hydrogen-bond donors (Lipinski definition) is 2. The first kappa shape index (κ1) is 16.2. The van der Waals surface area contributed by atoms with Crippen LogP contribution in [-0.2, 0) is 0 Å². The molecule has 1 amide bonds. The fourth-order valence-electron chi connectivity index (χ4n) is 2.70. The highest BCUT2D eigenvalue weighted by Crippen LogP contribution is 2.20. The first-order valence-corrected chi connectivity index (χ1v) is 8.08. The van der Waals surface area contributed by atoms with Crippen LogP contribution in [0.2, 0.25) is 0 Å². The molecule has 7 heteroatoms. The molecule has 1 aromatic carbocycles. The molecule has 24 heavy (non-hydrogen) atoms. The Morgan fingerprint density at radius 3 is 2.79 bits per heavy atom. The molecule has 1 fully saturated rings. The van der Waals surface area contributed by atoms with Gasteiger partial charge in [0.05, 0.1) is 17.4 Å². The number of anilines is 2. The fourth-order valence-corrected chi connectivity index (χ4v) is 2.70. The van der Waals surface area contributed by atoms with Gasteiger partial charge in [-0.1, -0.05) is 12.1 Å². The molecule has 6 nitrogen and oxygen atoms in total. The van der Waals surface area contributed by atoms with Gasteiger partial charge in [0.15, 0.2) is 5.82 Å². The smallest absolute Gasteiger partial charge is 0.254 e. The molecule has 3 rings (SSSR count). The van der Waals surface area contributed by atoms with Crippen molar-refractivity contribution in [2.24, 2.45) is 0 Å². The molecule has 1 aromatic heterocycles. The normalized spacial score (nSPS) is 13.8. The molecule has 1 aliphatic rings. The van der Waals surface area contributed by atoms with Gasteiger partial charge in [-0.2, -0.15) is 5.10 Å². The second-order valence-electron chi connectivity index (χ2n) is 5.66. The van der Waals surface area contributed by atoms with E-state index in [1.54, 1.807) is 18.3 Å². The average molecular weight is 329 g/mol. The molecule has 1 aliphatic heterocycles. The third-order valence-electron chi connectivity index (χ3n) is 3.95. The van der Waals surface area contributed by atoms with Crippen LogP contribution in [0.25, 0.3) is 0 Å². The maximum atomic E-state index is 13.5. The topological polar surface area (TPSA) is 70.2 Å². The van der Waals surface area contributed by atoms with Crippen LogP contribution >= 0.6 is 0 Å². The highest BCUT2D eigenvalue weighted by Gasteiger charge is 2.13. The zero-order valence-corrected chi connectivity index (χ0v) is 13.3. The van der Waals surface area contributed by atoms with Crippen LogP contribution in [0.15, 0.2) is 36.5 Å². The quantitative estimate of drug-likeness (QED) is 0.794. The fraction of sp³-hybridized carbons (Fsp3) is 0.353. The van der Waals surface area contributed by atoms with E-state index >= 15 is 0 Å². The van der Waals surface area contributed by atoms with Crippen molar-refractivity contribution in [1.82, 2.24) is 15.5 Å². The monoisotopic (exact) mass is 329 g/mol. The summed E-state index contributed by atoms with van der Waals surface area (Å²) >= 11 is 0. The standard InChI is InChI=1S/C17H20FN5O/c18-15-6-2-1-5-14(15)17(24)20-8-7-19-16-11-13(12-21-22-16)23-9-3-4-10-23/h1-2,5-6,11-12H,3-4,7-10H2,(H,19,22)(H,20,24). The molecule has 0 aliphatic carbocycles. The summed E-state index contributed by atoms with van der Waals surface area (Å²) in [5.41, 5.74) is 1.11. The third-order valence-corrected chi connectivity index (χ3v) is 3.95. The lowest BCUT2D eigenvalue weighted by Gasteiger charge is -2.17. The Bertz CT molecular complexity index is 703. The van der Waals surface area contributed by atoms with Gasteiger partial charge in [0.1, 0.15) is 5.82 Å². The number of nitrogens with one attached hydrogen (secondary N) is 2. The van der Waals surface area contributed by atoms with Crippen molar-refractivity contribution in [2.75, 3.05) is 36.4 Å². The number of amides is 1. The summed E-state index contributed by atoms with van der Waals surface area (Å²) in [4.78, 5) is 14.2. The molecule has 0 radical (unpaired) electrons. The number of hydrogen-bond acceptors (Lipinski definition) is 5. The number of carbonyl (C=O) groups is 1. The van der Waals surface area contributed by atoms with Crippen molar-refractivity contribution in [3.63, 3.8) is 0 Å². The third kappa shape index (κ3) is 3.98. The van der Waals surface area contributed by atoms with Crippen molar-refractivity contribution in [3.8, 4) is 0 Å². The summed E-state index contributed by atoms with van der Waals surface area (Å²) in [5.74, 6) is -0.279. The SMILES string of the molecule is O=C(NCCNc1cc(N2CCCC2)cnn1)c1ccccc1F. The predicted octanol–water partition coefficient (Wildman–Crippen LogP) is 2.06. The highest BCUT2D eigenvalue weighted by atomic mass is 19.1. The van der Waals surface area contributed by atoms with Gasteiger partial charge in [-0.15, -0.1) is 5.10 Å². The molecular weight excluding hydrogens is 309 g/mol. The van der Waals surface area contributed by atoms with Gasteiger partial charge >= 0.3 is 0 Å². The Morgan fingerprint density at radius 1 is 1.21 bits per heavy atom. The average Bonchev–Trinajstić information content (AvgIpc) is 3.14. The number of nitrogens with zero attached hydrogens (tertiary/aromatic N) is 3. The molecule has 126 valence electrons. The van der Waals surface area contributed by atoms with Crippen LogP contribution < -0.4 is 15.5 Å². The van der Waals surface area contributed by atoms with Crippen molar-refractivity contribution < 1.29 is 9.18 Å². The number of rotatable bonds is 6. The maximum absolute atomic E-state index is 13.5. The second-order valence-corrected chi connectivity index (χ2v) is 5.66. The Hall–Kier alpha value is -2.70. The van der Waals surface area contributed by atoms with E-state index in [0.29, 0.717) is 18.9 Å². The molecule has 0 unspecified atom stereocenters. The lowest BCUT2D eigenvalue weighted by molar-refractivity contribution is 0.0951. The summed E-state index contributed by atoms with van der Waals surface area (Å²) in [7, 11) is 0. The lowest BCUT2D eigenvalue weighted by atomic mass is 10.2. The summed E-state index contributed by atoms with van der Waals surface area (Å²) in [6, 6.07) is 7.88. The number of carbonyl (C=O) groups excluding carboxylic acids is 1. The minimum atomic E-state index is -0.521. The number of halogens is 1. The maximum Gasteiger partial charge on any atom is 0.254 e. The van der Waals surface area contributed by atoms with E-state index in [2.05, 4.69) is 25.7 Å². The molecule has 2 N–H and O–H groups in total. The Morgan fingerprint density at radius 2 is 2.00 bits per heavy atom. The predicted molar refractivity (Wildman–Crippen MR) is 90.7 cm³/mol. The second kappa shape index (κ2) is 7.72. The largest absolute Gasteiger partial charge is 0.370 e. The van der Waals surface area contributed by atoms with E-state index in [-0.39, 0.29) is 5.56 Å². The van der Waals surface area contributed by atoms with E-state index in [0.717, 1.165) is 18.8 Å². The van der Waals surface area contributed by atoms with Crippen LogP contribution in [0.4, 0.5) is 15.9 Å². The number of aromatic nitrogens is 2. The molecule has 0 atom stereocenters. The van der Waals surface area contributed by atoms with Crippen molar-refractivity contribution in [2.45, 2.75) is 12.8 Å². The van der Waals surface area contributed by atoms with Crippen molar-refractivity contribution >= 4 is 17.4 Å². The summed E-state index contributed by atoms with van der Waals surface area (Å²) in [6.45, 7) is 2.94. The molecule has 0 spiro atoms. The van der Waals surface area contributed by atoms with Crippen LogP contribution in [0.5, 0.6) is 0 Å². The molecule has 2 aromatic rings. The van der Waals surface area contributed by atoms with Crippen LogP contribution in [-0.4, -0.2) is 42.3 Å². The van der Waals surface area contributed by atoms with Crippen molar-refractivity contribution in [1.29, 1.82) is 0 Å². The Kier molecular flexibility index (Phi) is 5.20. The first-order valence-electron chi connectivity index (χ1n) is 8.08. The van der Waals surface area contributed by atoms with Crippen LogP contribution in [0.3, 0.4) is 0 Å². The minimum Gasteiger partial charge on any atom is -0.370 e. The zero-order chi connectivity index (χ0) is 16.8. The lowest BCUT2D eigenvalue weighted by Crippen LogP contribution is -2.29. The Balaban J connectivity index is 1.47. The van der Waals surface area contributed by atoms with E-state index in [9.17, 15) is 9.18 Å². The van der Waals surface area contributed by atoms with E-state index in [1.807, 2.05) is 6.07 Å². The van der Waals surface area contributed by atoms with Gasteiger partial charge in [0.2, 0.25) is 0 Å². The zero-order valence-electron chi connectivity index (χ0n) is 13.3. The number of benzene rings is 1.